The third-order valence-electron chi connectivity index (χ3n) is 2.63. The number of aromatic nitrogens is 1. The first-order chi connectivity index (χ1) is 7.90. The Kier molecular flexibility index (Phi) is 4.71. The summed E-state index contributed by atoms with van der Waals surface area (Å²) in [5, 5.41) is 6.62. The molecule has 0 spiro atoms. The van der Waals surface area contributed by atoms with Gasteiger partial charge in [0, 0.05) is 24.0 Å². The fourth-order valence-corrected chi connectivity index (χ4v) is 2.55. The van der Waals surface area contributed by atoms with E-state index in [4.69, 9.17) is 9.47 Å². The van der Waals surface area contributed by atoms with Gasteiger partial charge in [0.1, 0.15) is 0 Å². The van der Waals surface area contributed by atoms with Gasteiger partial charge in [0.25, 0.3) is 0 Å². The van der Waals surface area contributed by atoms with E-state index in [0.29, 0.717) is 25.9 Å². The van der Waals surface area contributed by atoms with Gasteiger partial charge in [-0.05, 0) is 6.54 Å². The smallest absolute Gasteiger partial charge is 0.0966 e. The third kappa shape index (κ3) is 3.25. The van der Waals surface area contributed by atoms with Crippen molar-refractivity contribution < 1.29 is 9.47 Å². The van der Waals surface area contributed by atoms with Crippen molar-refractivity contribution in [2.45, 2.75) is 25.5 Å². The molecule has 5 heteroatoms. The lowest BCUT2D eigenvalue weighted by Crippen LogP contribution is -2.47. The maximum atomic E-state index is 5.73. The van der Waals surface area contributed by atoms with Gasteiger partial charge in [-0.25, -0.2) is 4.98 Å². The van der Waals surface area contributed by atoms with Crippen molar-refractivity contribution in [2.75, 3.05) is 26.4 Å². The van der Waals surface area contributed by atoms with Crippen molar-refractivity contribution in [2.24, 2.45) is 0 Å². The molecule has 90 valence electrons. The quantitative estimate of drug-likeness (QED) is 0.839. The van der Waals surface area contributed by atoms with E-state index in [1.807, 2.05) is 11.6 Å². The van der Waals surface area contributed by atoms with Crippen molar-refractivity contribution in [3.63, 3.8) is 0 Å². The molecule has 0 aliphatic carbocycles. The van der Waals surface area contributed by atoms with E-state index in [2.05, 4.69) is 17.2 Å². The van der Waals surface area contributed by atoms with Crippen LogP contribution < -0.4 is 5.32 Å². The number of ether oxygens (including phenoxy) is 2. The molecule has 16 heavy (non-hydrogen) atoms. The zero-order valence-electron chi connectivity index (χ0n) is 9.52. The Bertz CT molecular complexity index is 286. The summed E-state index contributed by atoms with van der Waals surface area (Å²) in [6.07, 6.45) is 2.92. The van der Waals surface area contributed by atoms with Gasteiger partial charge in [0.2, 0.25) is 0 Å². The fraction of sp³-hybridized carbons (Fsp3) is 0.727. The predicted octanol–water partition coefficient (Wildman–Crippen LogP) is 1.08. The molecule has 2 rings (SSSR count). The number of nitrogens with zero attached hydrogens (tertiary/aromatic N) is 1. The Hall–Kier alpha value is -0.490. The molecule has 1 saturated heterocycles. The SMILES string of the molecule is CCNC(Cc1nccs1)C1COCCO1. The van der Waals surface area contributed by atoms with Crippen LogP contribution in [0.4, 0.5) is 0 Å². The van der Waals surface area contributed by atoms with Gasteiger partial charge < -0.3 is 14.8 Å². The minimum absolute atomic E-state index is 0.151. The Morgan fingerprint density at radius 1 is 1.62 bits per heavy atom. The van der Waals surface area contributed by atoms with E-state index < -0.39 is 0 Å². The summed E-state index contributed by atoms with van der Waals surface area (Å²) in [4.78, 5) is 4.32. The Morgan fingerprint density at radius 3 is 3.19 bits per heavy atom. The summed E-state index contributed by atoms with van der Waals surface area (Å²) in [5.74, 6) is 0. The first-order valence-corrected chi connectivity index (χ1v) is 6.59. The molecule has 0 radical (unpaired) electrons. The molecule has 4 nitrogen and oxygen atoms in total. The van der Waals surface area contributed by atoms with Crippen LogP contribution >= 0.6 is 11.3 Å². The Labute approximate surface area is 100.0 Å². The van der Waals surface area contributed by atoms with Crippen LogP contribution in [0.15, 0.2) is 11.6 Å². The first-order valence-electron chi connectivity index (χ1n) is 5.71. The average molecular weight is 242 g/mol. The minimum atomic E-state index is 0.151. The highest BCUT2D eigenvalue weighted by molar-refractivity contribution is 7.09. The number of nitrogens with one attached hydrogen (secondary N) is 1. The van der Waals surface area contributed by atoms with Crippen molar-refractivity contribution in [3.05, 3.63) is 16.6 Å². The zero-order chi connectivity index (χ0) is 11.2. The summed E-state index contributed by atoms with van der Waals surface area (Å²) >= 11 is 1.69. The molecule has 1 N–H and O–H groups in total. The molecule has 0 aromatic carbocycles. The Morgan fingerprint density at radius 2 is 2.56 bits per heavy atom. The van der Waals surface area contributed by atoms with Gasteiger partial charge in [-0.15, -0.1) is 11.3 Å². The molecule has 0 amide bonds. The Balaban J connectivity index is 1.92. The number of hydrogen-bond acceptors (Lipinski definition) is 5. The summed E-state index contributed by atoms with van der Waals surface area (Å²) < 4.78 is 11.2. The summed E-state index contributed by atoms with van der Waals surface area (Å²) in [6, 6.07) is 0.302. The van der Waals surface area contributed by atoms with Crippen LogP contribution in [0.3, 0.4) is 0 Å². The molecular formula is C11H18N2O2S. The molecule has 2 heterocycles. The summed E-state index contributed by atoms with van der Waals surface area (Å²) in [7, 11) is 0. The number of likely N-dealkylation sites (N-methyl/N-ethyl adjacent to an activating group) is 1. The van der Waals surface area contributed by atoms with Crippen molar-refractivity contribution in [3.8, 4) is 0 Å². The molecule has 1 aliphatic rings. The van der Waals surface area contributed by atoms with Gasteiger partial charge in [0.15, 0.2) is 0 Å². The van der Waals surface area contributed by atoms with Crippen molar-refractivity contribution >= 4 is 11.3 Å². The number of hydrogen-bond donors (Lipinski definition) is 1. The van der Waals surface area contributed by atoms with Gasteiger partial charge in [-0.1, -0.05) is 6.92 Å². The predicted molar refractivity (Wildman–Crippen MR) is 63.8 cm³/mol. The highest BCUT2D eigenvalue weighted by Gasteiger charge is 2.25. The minimum Gasteiger partial charge on any atom is -0.376 e. The molecule has 1 aromatic rings. The van der Waals surface area contributed by atoms with Gasteiger partial charge >= 0.3 is 0 Å². The van der Waals surface area contributed by atoms with E-state index in [9.17, 15) is 0 Å². The fourth-order valence-electron chi connectivity index (χ4n) is 1.88. The van der Waals surface area contributed by atoms with Gasteiger partial charge in [0.05, 0.1) is 30.9 Å². The lowest BCUT2D eigenvalue weighted by molar-refractivity contribution is -0.101. The maximum absolute atomic E-state index is 5.73. The van der Waals surface area contributed by atoms with Gasteiger partial charge in [-0.3, -0.25) is 0 Å². The molecule has 1 aliphatic heterocycles. The second kappa shape index (κ2) is 6.30. The van der Waals surface area contributed by atoms with Crippen molar-refractivity contribution in [1.29, 1.82) is 0 Å². The van der Waals surface area contributed by atoms with Gasteiger partial charge in [-0.2, -0.15) is 0 Å². The highest BCUT2D eigenvalue weighted by atomic mass is 32.1. The lowest BCUT2D eigenvalue weighted by atomic mass is 10.1. The molecule has 0 bridgehead atoms. The van der Waals surface area contributed by atoms with Crippen LogP contribution in [0.5, 0.6) is 0 Å². The number of rotatable bonds is 5. The van der Waals surface area contributed by atoms with Crippen LogP contribution in [0.2, 0.25) is 0 Å². The summed E-state index contributed by atoms with van der Waals surface area (Å²) in [6.45, 7) is 5.15. The monoisotopic (exact) mass is 242 g/mol. The average Bonchev–Trinajstić information content (AvgIpc) is 2.83. The molecular weight excluding hydrogens is 224 g/mol. The molecule has 2 atom stereocenters. The first kappa shape index (κ1) is 12.0. The molecule has 1 fully saturated rings. The van der Waals surface area contributed by atoms with Crippen LogP contribution in [-0.2, 0) is 15.9 Å². The van der Waals surface area contributed by atoms with E-state index >= 15 is 0 Å². The van der Waals surface area contributed by atoms with Crippen LogP contribution in [0, 0.1) is 0 Å². The highest BCUT2D eigenvalue weighted by Crippen LogP contribution is 2.13. The summed E-state index contributed by atoms with van der Waals surface area (Å²) in [5.41, 5.74) is 0. The standard InChI is InChI=1S/C11H18N2O2S/c1-2-12-9(7-11-13-3-6-16-11)10-8-14-4-5-15-10/h3,6,9-10,12H,2,4-5,7-8H2,1H3. The van der Waals surface area contributed by atoms with Crippen LogP contribution in [0.25, 0.3) is 0 Å². The van der Waals surface area contributed by atoms with E-state index in [1.165, 1.54) is 0 Å². The van der Waals surface area contributed by atoms with E-state index in [-0.39, 0.29) is 6.10 Å². The zero-order valence-corrected chi connectivity index (χ0v) is 10.3. The largest absolute Gasteiger partial charge is 0.376 e. The van der Waals surface area contributed by atoms with E-state index in [1.54, 1.807) is 11.3 Å². The molecule has 1 aromatic heterocycles. The molecule has 0 saturated carbocycles. The topological polar surface area (TPSA) is 43.4 Å². The van der Waals surface area contributed by atoms with Crippen LogP contribution in [-0.4, -0.2) is 43.5 Å². The van der Waals surface area contributed by atoms with Crippen molar-refractivity contribution in [1.82, 2.24) is 10.3 Å². The van der Waals surface area contributed by atoms with Crippen LogP contribution in [0.1, 0.15) is 11.9 Å². The second-order valence-corrected chi connectivity index (χ2v) is 4.76. The number of thiazole rings is 1. The second-order valence-electron chi connectivity index (χ2n) is 3.78. The third-order valence-corrected chi connectivity index (χ3v) is 3.44. The maximum Gasteiger partial charge on any atom is 0.0966 e. The normalized spacial score (nSPS) is 23.2. The lowest BCUT2D eigenvalue weighted by Gasteiger charge is -2.30. The molecule has 2 unspecified atom stereocenters. The van der Waals surface area contributed by atoms with E-state index in [0.717, 1.165) is 18.0 Å².